The number of cyclic esters (lactones) is 1. The molecular formula is C25H27ClN2O5S. The Labute approximate surface area is 207 Å². The van der Waals surface area contributed by atoms with Crippen molar-refractivity contribution in [2.24, 2.45) is 11.8 Å². The number of carbonyl (C=O) groups excluding carboxylic acids is 3. The fraction of sp³-hybridized carbons (Fsp3) is 0.480. The van der Waals surface area contributed by atoms with Gasteiger partial charge in [-0.05, 0) is 31.4 Å². The number of benzene rings is 1. The third kappa shape index (κ3) is 3.67. The fourth-order valence-corrected chi connectivity index (χ4v) is 7.91. The molecule has 1 unspecified atom stereocenters. The van der Waals surface area contributed by atoms with Crippen LogP contribution in [-0.2, 0) is 19.1 Å². The number of aliphatic hydroxyl groups excluding tert-OH is 1. The number of carbonyl (C=O) groups is 3. The second kappa shape index (κ2) is 9.40. The number of amides is 2. The van der Waals surface area contributed by atoms with Gasteiger partial charge >= 0.3 is 5.97 Å². The number of unbranched alkanes of at least 4 members (excludes halogenated alkanes) is 2. The van der Waals surface area contributed by atoms with Crippen molar-refractivity contribution in [1.29, 1.82) is 0 Å². The molecule has 4 aliphatic rings. The smallest absolute Gasteiger partial charge is 0.311 e. The zero-order valence-corrected chi connectivity index (χ0v) is 20.2. The first-order valence-electron chi connectivity index (χ1n) is 11.7. The van der Waals surface area contributed by atoms with Crippen molar-refractivity contribution in [2.75, 3.05) is 31.2 Å². The van der Waals surface area contributed by atoms with Gasteiger partial charge in [-0.25, -0.2) is 0 Å². The number of aliphatic hydroxyl groups is 1. The maximum absolute atomic E-state index is 14.2. The molecule has 5 rings (SSSR count). The van der Waals surface area contributed by atoms with Gasteiger partial charge < -0.3 is 19.6 Å². The quantitative estimate of drug-likeness (QED) is 0.366. The summed E-state index contributed by atoms with van der Waals surface area (Å²) in [5, 5.41) is 9.39. The Kier molecular flexibility index (Phi) is 6.48. The molecule has 1 aromatic carbocycles. The van der Waals surface area contributed by atoms with E-state index in [-0.39, 0.29) is 36.2 Å². The molecule has 0 radical (unpaired) electrons. The lowest BCUT2D eigenvalue weighted by Gasteiger charge is -2.35. The normalized spacial score (nSPS) is 32.2. The number of para-hydroxylation sites is 1. The summed E-state index contributed by atoms with van der Waals surface area (Å²) in [6.45, 7) is 1.00. The minimum atomic E-state index is -0.864. The molecule has 0 saturated carbocycles. The van der Waals surface area contributed by atoms with E-state index in [1.807, 2.05) is 36.4 Å². The van der Waals surface area contributed by atoms with Crippen LogP contribution >= 0.6 is 23.4 Å². The van der Waals surface area contributed by atoms with E-state index < -0.39 is 22.6 Å². The number of hydrogen-bond donors (Lipinski definition) is 1. The summed E-state index contributed by atoms with van der Waals surface area (Å²) in [6.07, 6.45) is 9.70. The Morgan fingerprint density at radius 3 is 2.74 bits per heavy atom. The number of likely N-dealkylation sites (tertiary alicyclic amines) is 1. The molecule has 0 bridgehead atoms. The van der Waals surface area contributed by atoms with E-state index in [1.54, 1.807) is 21.9 Å². The van der Waals surface area contributed by atoms with Crippen molar-refractivity contribution in [2.45, 2.75) is 35.3 Å². The van der Waals surface area contributed by atoms with Gasteiger partial charge in [0.1, 0.15) is 12.6 Å². The Hall–Kier alpha value is -2.29. The van der Waals surface area contributed by atoms with E-state index in [1.165, 1.54) is 11.8 Å². The molecule has 34 heavy (non-hydrogen) atoms. The largest absolute Gasteiger partial charge is 0.461 e. The number of thioether (sulfide) groups is 1. The zero-order valence-electron chi connectivity index (χ0n) is 18.6. The summed E-state index contributed by atoms with van der Waals surface area (Å²) in [6, 6.07) is 6.43. The minimum absolute atomic E-state index is 0.0870. The average Bonchev–Trinajstić information content (AvgIpc) is 3.12. The standard InChI is InChI=1S/C25H27ClN2O5S/c26-16-8-2-3-9-17(16)27-13-7-11-25-20(19-18(34-25)10-6-15-33-24(19)32)22(30)28(21(25)23(27)31)12-4-1-5-14-29/h2-3,6-11,18-21,29H,1,4-5,12-15H2/t18-,19+,20+,21?,25+/m1/s1. The van der Waals surface area contributed by atoms with Crippen molar-refractivity contribution in [3.8, 4) is 0 Å². The van der Waals surface area contributed by atoms with E-state index >= 15 is 0 Å². The molecular weight excluding hydrogens is 476 g/mol. The van der Waals surface area contributed by atoms with Crippen LogP contribution in [0.3, 0.4) is 0 Å². The molecule has 1 aromatic rings. The van der Waals surface area contributed by atoms with Gasteiger partial charge in [-0.3, -0.25) is 14.4 Å². The molecule has 5 atom stereocenters. The van der Waals surface area contributed by atoms with E-state index in [2.05, 4.69) is 0 Å². The Morgan fingerprint density at radius 2 is 1.94 bits per heavy atom. The molecule has 4 heterocycles. The molecule has 4 aliphatic heterocycles. The second-order valence-corrected chi connectivity index (χ2v) is 10.9. The molecule has 0 aromatic heterocycles. The van der Waals surface area contributed by atoms with Crippen molar-refractivity contribution in [1.82, 2.24) is 4.90 Å². The third-order valence-corrected chi connectivity index (χ3v) is 9.18. The van der Waals surface area contributed by atoms with E-state index in [0.29, 0.717) is 36.6 Å². The van der Waals surface area contributed by atoms with Crippen LogP contribution in [0.25, 0.3) is 0 Å². The second-order valence-electron chi connectivity index (χ2n) is 9.02. The average molecular weight is 503 g/mol. The third-order valence-electron chi connectivity index (χ3n) is 7.11. The molecule has 1 N–H and O–H groups in total. The van der Waals surface area contributed by atoms with E-state index in [9.17, 15) is 14.4 Å². The summed E-state index contributed by atoms with van der Waals surface area (Å²) in [4.78, 5) is 44.3. The first-order valence-corrected chi connectivity index (χ1v) is 12.9. The van der Waals surface area contributed by atoms with E-state index in [0.717, 1.165) is 6.42 Å². The zero-order chi connectivity index (χ0) is 23.9. The number of ether oxygens (including phenoxy) is 1. The lowest BCUT2D eigenvalue weighted by molar-refractivity contribution is -0.151. The summed E-state index contributed by atoms with van der Waals surface area (Å²) < 4.78 is 4.52. The monoisotopic (exact) mass is 502 g/mol. The Bertz CT molecular complexity index is 1060. The number of hydrogen-bond acceptors (Lipinski definition) is 6. The van der Waals surface area contributed by atoms with Crippen LogP contribution < -0.4 is 4.90 Å². The number of fused-ring (bicyclic) bond motifs is 2. The van der Waals surface area contributed by atoms with Crippen LogP contribution in [0.15, 0.2) is 48.6 Å². The molecule has 180 valence electrons. The summed E-state index contributed by atoms with van der Waals surface area (Å²) >= 11 is 7.98. The summed E-state index contributed by atoms with van der Waals surface area (Å²) in [5.74, 6) is -2.07. The first kappa shape index (κ1) is 23.5. The van der Waals surface area contributed by atoms with Crippen molar-refractivity contribution >= 4 is 46.8 Å². The van der Waals surface area contributed by atoms with Crippen LogP contribution in [0.4, 0.5) is 5.69 Å². The molecule has 2 saturated heterocycles. The number of rotatable bonds is 6. The van der Waals surface area contributed by atoms with Crippen molar-refractivity contribution < 1.29 is 24.2 Å². The number of halogens is 1. The predicted molar refractivity (Wildman–Crippen MR) is 131 cm³/mol. The van der Waals surface area contributed by atoms with Gasteiger partial charge in [0.2, 0.25) is 5.91 Å². The van der Waals surface area contributed by atoms with Gasteiger partial charge in [0.15, 0.2) is 0 Å². The van der Waals surface area contributed by atoms with Gasteiger partial charge in [-0.15, -0.1) is 11.8 Å². The maximum atomic E-state index is 14.2. The van der Waals surface area contributed by atoms with E-state index in [4.69, 9.17) is 21.4 Å². The fourth-order valence-electron chi connectivity index (χ4n) is 5.67. The number of esters is 1. The molecule has 2 fully saturated rings. The Morgan fingerprint density at radius 1 is 1.12 bits per heavy atom. The summed E-state index contributed by atoms with van der Waals surface area (Å²) in [7, 11) is 0. The van der Waals surface area contributed by atoms with Crippen LogP contribution in [0.1, 0.15) is 19.3 Å². The van der Waals surface area contributed by atoms with Crippen LogP contribution in [-0.4, -0.2) is 70.1 Å². The highest BCUT2D eigenvalue weighted by Crippen LogP contribution is 2.61. The SMILES string of the molecule is O=C1OCC=C[C@H]2S[C@]34C=CCN(c5ccccc5Cl)C(=O)C3N(CCCCCO)C(=O)[C@@H]4[C@@H]12. The topological polar surface area (TPSA) is 87.2 Å². The highest BCUT2D eigenvalue weighted by atomic mass is 35.5. The van der Waals surface area contributed by atoms with Gasteiger partial charge in [-0.2, -0.15) is 0 Å². The number of nitrogens with zero attached hydrogens (tertiary/aromatic N) is 2. The molecule has 7 nitrogen and oxygen atoms in total. The van der Waals surface area contributed by atoms with Crippen molar-refractivity contribution in [3.05, 3.63) is 53.6 Å². The molecule has 0 aliphatic carbocycles. The van der Waals surface area contributed by atoms with Crippen LogP contribution in [0, 0.1) is 11.8 Å². The molecule has 9 heteroatoms. The van der Waals surface area contributed by atoms with Gasteiger partial charge in [-0.1, -0.05) is 48.0 Å². The lowest BCUT2D eigenvalue weighted by atomic mass is 9.78. The molecule has 1 spiro atoms. The predicted octanol–water partition coefficient (Wildman–Crippen LogP) is 2.82. The molecule has 2 amide bonds. The van der Waals surface area contributed by atoms with Gasteiger partial charge in [0, 0.05) is 24.9 Å². The number of anilines is 1. The summed E-state index contributed by atoms with van der Waals surface area (Å²) in [5.41, 5.74) is 0.600. The highest BCUT2D eigenvalue weighted by molar-refractivity contribution is 8.02. The first-order chi connectivity index (χ1) is 16.5. The van der Waals surface area contributed by atoms with Crippen LogP contribution in [0.2, 0.25) is 5.02 Å². The lowest BCUT2D eigenvalue weighted by Crippen LogP contribution is -2.53. The van der Waals surface area contributed by atoms with Gasteiger partial charge in [0.05, 0.1) is 27.3 Å². The Balaban J connectivity index is 1.57. The van der Waals surface area contributed by atoms with Crippen LogP contribution in [0.5, 0.6) is 0 Å². The highest BCUT2D eigenvalue weighted by Gasteiger charge is 2.71. The van der Waals surface area contributed by atoms with Gasteiger partial charge in [0.25, 0.3) is 5.91 Å². The minimum Gasteiger partial charge on any atom is -0.461 e. The van der Waals surface area contributed by atoms with Crippen molar-refractivity contribution in [3.63, 3.8) is 0 Å². The maximum Gasteiger partial charge on any atom is 0.311 e.